The predicted molar refractivity (Wildman–Crippen MR) is 62.1 cm³/mol. The smallest absolute Gasteiger partial charge is 0.257 e. The first-order valence-corrected chi connectivity index (χ1v) is 5.64. The first kappa shape index (κ1) is 12.8. The summed E-state index contributed by atoms with van der Waals surface area (Å²) in [4.78, 5) is 13.6. The van der Waals surface area contributed by atoms with Crippen molar-refractivity contribution in [3.63, 3.8) is 0 Å². The molecular formula is C12H14F2N2O2. The molecule has 1 atom stereocenters. The number of hydrogen-bond acceptors (Lipinski definition) is 3. The van der Waals surface area contributed by atoms with Gasteiger partial charge < -0.3 is 15.4 Å². The molecule has 1 amide bonds. The van der Waals surface area contributed by atoms with E-state index in [9.17, 15) is 13.6 Å². The maximum Gasteiger partial charge on any atom is 0.257 e. The van der Waals surface area contributed by atoms with Gasteiger partial charge in [-0.1, -0.05) is 0 Å². The molecule has 1 unspecified atom stereocenters. The van der Waals surface area contributed by atoms with Crippen molar-refractivity contribution in [1.82, 2.24) is 4.90 Å². The Labute approximate surface area is 103 Å². The van der Waals surface area contributed by atoms with Crippen LogP contribution in [0.3, 0.4) is 0 Å². The van der Waals surface area contributed by atoms with Gasteiger partial charge in [0.05, 0.1) is 30.5 Å². The number of anilines is 1. The first-order chi connectivity index (χ1) is 8.50. The summed E-state index contributed by atoms with van der Waals surface area (Å²) in [6.07, 6.45) is 0. The quantitative estimate of drug-likeness (QED) is 0.773. The monoisotopic (exact) mass is 256 g/mol. The molecule has 1 fully saturated rings. The number of carbonyl (C=O) groups excluding carboxylic acids is 1. The zero-order chi connectivity index (χ0) is 13.3. The van der Waals surface area contributed by atoms with Crippen LogP contribution in [0, 0.1) is 11.6 Å². The molecule has 1 saturated heterocycles. The van der Waals surface area contributed by atoms with Gasteiger partial charge in [-0.2, -0.15) is 0 Å². The second-order valence-corrected chi connectivity index (χ2v) is 4.28. The van der Waals surface area contributed by atoms with Gasteiger partial charge in [0, 0.05) is 6.54 Å². The van der Waals surface area contributed by atoms with Crippen molar-refractivity contribution >= 4 is 11.6 Å². The molecular weight excluding hydrogens is 242 g/mol. The molecule has 0 aromatic heterocycles. The molecule has 0 spiro atoms. The molecule has 2 N–H and O–H groups in total. The van der Waals surface area contributed by atoms with Crippen LogP contribution >= 0.6 is 0 Å². The molecule has 4 nitrogen and oxygen atoms in total. The van der Waals surface area contributed by atoms with Gasteiger partial charge in [0.1, 0.15) is 5.82 Å². The van der Waals surface area contributed by atoms with Gasteiger partial charge in [-0.15, -0.1) is 0 Å². The van der Waals surface area contributed by atoms with Gasteiger partial charge in [0.15, 0.2) is 5.82 Å². The third-order valence-electron chi connectivity index (χ3n) is 2.92. The highest BCUT2D eigenvalue weighted by Crippen LogP contribution is 2.20. The zero-order valence-electron chi connectivity index (χ0n) is 9.95. The SMILES string of the molecule is CC1COCCN1C(=O)c1cc(F)cc(N)c1F. The summed E-state index contributed by atoms with van der Waals surface area (Å²) in [5, 5.41) is 0. The highest BCUT2D eigenvalue weighted by Gasteiger charge is 2.27. The van der Waals surface area contributed by atoms with Crippen molar-refractivity contribution in [3.05, 3.63) is 29.3 Å². The summed E-state index contributed by atoms with van der Waals surface area (Å²) in [5.74, 6) is -2.16. The van der Waals surface area contributed by atoms with Crippen LogP contribution in [0.4, 0.5) is 14.5 Å². The number of halogens is 2. The van der Waals surface area contributed by atoms with Crippen molar-refractivity contribution in [2.24, 2.45) is 0 Å². The van der Waals surface area contributed by atoms with E-state index in [0.717, 1.165) is 12.1 Å². The van der Waals surface area contributed by atoms with Crippen LogP contribution in [0.2, 0.25) is 0 Å². The highest BCUT2D eigenvalue weighted by atomic mass is 19.1. The maximum atomic E-state index is 13.7. The number of rotatable bonds is 1. The Morgan fingerprint density at radius 3 is 2.89 bits per heavy atom. The van der Waals surface area contributed by atoms with Gasteiger partial charge in [0.2, 0.25) is 0 Å². The summed E-state index contributed by atoms with van der Waals surface area (Å²) in [5.41, 5.74) is 4.62. The summed E-state index contributed by atoms with van der Waals surface area (Å²) in [6, 6.07) is 1.56. The van der Waals surface area contributed by atoms with Crippen LogP contribution in [0.1, 0.15) is 17.3 Å². The van der Waals surface area contributed by atoms with Crippen LogP contribution in [0.25, 0.3) is 0 Å². The minimum absolute atomic E-state index is 0.171. The van der Waals surface area contributed by atoms with Crippen LogP contribution in [0.15, 0.2) is 12.1 Å². The van der Waals surface area contributed by atoms with Crippen molar-refractivity contribution in [1.29, 1.82) is 0 Å². The molecule has 1 aromatic carbocycles. The van der Waals surface area contributed by atoms with Gasteiger partial charge in [-0.3, -0.25) is 4.79 Å². The zero-order valence-corrected chi connectivity index (χ0v) is 9.95. The first-order valence-electron chi connectivity index (χ1n) is 5.64. The van der Waals surface area contributed by atoms with Crippen LogP contribution in [0.5, 0.6) is 0 Å². The van der Waals surface area contributed by atoms with Gasteiger partial charge in [0.25, 0.3) is 5.91 Å². The Kier molecular flexibility index (Phi) is 3.47. The number of nitrogens with two attached hydrogens (primary N) is 1. The van der Waals surface area contributed by atoms with Crippen LogP contribution in [-0.2, 0) is 4.74 Å². The number of ether oxygens (including phenoxy) is 1. The highest BCUT2D eigenvalue weighted by molar-refractivity contribution is 5.95. The number of carbonyl (C=O) groups is 1. The average molecular weight is 256 g/mol. The maximum absolute atomic E-state index is 13.7. The lowest BCUT2D eigenvalue weighted by Crippen LogP contribution is -2.47. The minimum Gasteiger partial charge on any atom is -0.396 e. The Morgan fingerprint density at radius 2 is 2.22 bits per heavy atom. The molecule has 0 bridgehead atoms. The number of morpholine rings is 1. The van der Waals surface area contributed by atoms with Crippen molar-refractivity contribution in [2.45, 2.75) is 13.0 Å². The number of nitrogen functional groups attached to an aromatic ring is 1. The Morgan fingerprint density at radius 1 is 1.50 bits per heavy atom. The third-order valence-corrected chi connectivity index (χ3v) is 2.92. The van der Waals surface area contributed by atoms with Crippen molar-refractivity contribution in [2.75, 3.05) is 25.5 Å². The minimum atomic E-state index is -0.875. The largest absolute Gasteiger partial charge is 0.396 e. The van der Waals surface area contributed by atoms with E-state index in [0.29, 0.717) is 19.8 Å². The molecule has 1 aliphatic heterocycles. The van der Waals surface area contributed by atoms with Gasteiger partial charge in [-0.25, -0.2) is 8.78 Å². The lowest BCUT2D eigenvalue weighted by atomic mass is 10.1. The van der Waals surface area contributed by atoms with Crippen molar-refractivity contribution < 1.29 is 18.3 Å². The van der Waals surface area contributed by atoms with E-state index in [1.807, 2.05) is 0 Å². The second-order valence-electron chi connectivity index (χ2n) is 4.28. The standard InChI is InChI=1S/C12H14F2N2O2/c1-7-6-18-3-2-16(7)12(17)9-4-8(13)5-10(15)11(9)14/h4-5,7H,2-3,6,15H2,1H3. The van der Waals surface area contributed by atoms with Crippen LogP contribution in [-0.4, -0.2) is 36.6 Å². The molecule has 0 radical (unpaired) electrons. The third kappa shape index (κ3) is 2.28. The molecule has 18 heavy (non-hydrogen) atoms. The normalized spacial score (nSPS) is 19.9. The van der Waals surface area contributed by atoms with Crippen molar-refractivity contribution in [3.8, 4) is 0 Å². The molecule has 0 saturated carbocycles. The number of hydrogen-bond donors (Lipinski definition) is 1. The fraction of sp³-hybridized carbons (Fsp3) is 0.417. The van der Waals surface area contributed by atoms with E-state index in [-0.39, 0.29) is 17.3 Å². The summed E-state index contributed by atoms with van der Waals surface area (Å²) >= 11 is 0. The molecule has 1 heterocycles. The molecule has 6 heteroatoms. The molecule has 0 aliphatic carbocycles. The van der Waals surface area contributed by atoms with E-state index >= 15 is 0 Å². The summed E-state index contributed by atoms with van der Waals surface area (Å²) in [7, 11) is 0. The van der Waals surface area contributed by atoms with E-state index < -0.39 is 17.5 Å². The summed E-state index contributed by atoms with van der Waals surface area (Å²) < 4.78 is 32.1. The van der Waals surface area contributed by atoms with E-state index in [1.54, 1.807) is 6.92 Å². The fourth-order valence-corrected chi connectivity index (χ4v) is 1.95. The van der Waals surface area contributed by atoms with E-state index in [4.69, 9.17) is 10.5 Å². The lowest BCUT2D eigenvalue weighted by Gasteiger charge is -2.33. The predicted octanol–water partition coefficient (Wildman–Crippen LogP) is 1.41. The molecule has 2 rings (SSSR count). The lowest BCUT2D eigenvalue weighted by molar-refractivity contribution is 0.00333. The summed E-state index contributed by atoms with van der Waals surface area (Å²) in [6.45, 7) is 2.92. The molecule has 1 aromatic rings. The number of nitrogens with zero attached hydrogens (tertiary/aromatic N) is 1. The van der Waals surface area contributed by atoms with Crippen LogP contribution < -0.4 is 5.73 Å². The topological polar surface area (TPSA) is 55.6 Å². The Hall–Kier alpha value is -1.69. The average Bonchev–Trinajstić information content (AvgIpc) is 2.33. The van der Waals surface area contributed by atoms with E-state index in [2.05, 4.69) is 0 Å². The van der Waals surface area contributed by atoms with Gasteiger partial charge in [-0.05, 0) is 19.1 Å². The fourth-order valence-electron chi connectivity index (χ4n) is 1.95. The van der Waals surface area contributed by atoms with E-state index in [1.165, 1.54) is 4.90 Å². The number of benzene rings is 1. The second kappa shape index (κ2) is 4.89. The molecule has 98 valence electrons. The van der Waals surface area contributed by atoms with Gasteiger partial charge >= 0.3 is 0 Å². The Bertz CT molecular complexity index is 479. The number of amides is 1. The molecule has 1 aliphatic rings. The Balaban J connectivity index is 2.33.